The van der Waals surface area contributed by atoms with Crippen molar-refractivity contribution in [2.45, 2.75) is 25.8 Å². The van der Waals surface area contributed by atoms with Crippen LogP contribution in [-0.2, 0) is 0 Å². The van der Waals surface area contributed by atoms with Crippen molar-refractivity contribution in [3.05, 3.63) is 22.7 Å². The van der Waals surface area contributed by atoms with Crippen LogP contribution < -0.4 is 14.8 Å². The van der Waals surface area contributed by atoms with Crippen LogP contribution in [0.2, 0.25) is 5.02 Å². The first-order valence-corrected chi connectivity index (χ1v) is 7.69. The predicted molar refractivity (Wildman–Crippen MR) is 87.4 cm³/mol. The summed E-state index contributed by atoms with van der Waals surface area (Å²) in [7, 11) is 0. The Morgan fingerprint density at radius 3 is 2.95 bits per heavy atom. The van der Waals surface area contributed by atoms with Crippen molar-refractivity contribution in [1.82, 2.24) is 10.2 Å². The average molecular weight is 347 g/mol. The van der Waals surface area contributed by atoms with Crippen LogP contribution in [-0.4, -0.2) is 43.3 Å². The van der Waals surface area contributed by atoms with E-state index in [-0.39, 0.29) is 31.1 Å². The highest BCUT2D eigenvalue weighted by Crippen LogP contribution is 2.40. The lowest BCUT2D eigenvalue weighted by Crippen LogP contribution is -2.42. The standard InChI is InChI=1S/C15H19ClN2O3.ClH/c1-2-5-18(11-3-4-17-8-11)15(19)10-6-12(16)14-13(7-10)20-9-21-14;/h6-7,11,17H,2-5,8-9H2,1H3;1H. The lowest BCUT2D eigenvalue weighted by molar-refractivity contribution is 0.0692. The smallest absolute Gasteiger partial charge is 0.254 e. The first-order chi connectivity index (χ1) is 10.2. The number of carbonyl (C=O) groups is 1. The summed E-state index contributed by atoms with van der Waals surface area (Å²) in [5.41, 5.74) is 0.560. The number of benzene rings is 1. The van der Waals surface area contributed by atoms with Gasteiger partial charge in [-0.05, 0) is 31.5 Å². The molecule has 0 saturated carbocycles. The van der Waals surface area contributed by atoms with Crippen LogP contribution in [0.3, 0.4) is 0 Å². The van der Waals surface area contributed by atoms with Crippen molar-refractivity contribution < 1.29 is 14.3 Å². The normalized spacial score (nSPS) is 18.9. The van der Waals surface area contributed by atoms with E-state index < -0.39 is 0 Å². The summed E-state index contributed by atoms with van der Waals surface area (Å²) < 4.78 is 10.6. The van der Waals surface area contributed by atoms with Crippen LogP contribution in [0, 0.1) is 0 Å². The predicted octanol–water partition coefficient (Wildman–Crippen LogP) is 2.70. The number of ether oxygens (including phenoxy) is 2. The first-order valence-electron chi connectivity index (χ1n) is 7.31. The molecular formula is C15H20Cl2N2O3. The lowest BCUT2D eigenvalue weighted by Gasteiger charge is -2.28. The van der Waals surface area contributed by atoms with Crippen molar-refractivity contribution in [2.75, 3.05) is 26.4 Å². The number of rotatable bonds is 4. The first kappa shape index (κ1) is 17.2. The third kappa shape index (κ3) is 3.26. The van der Waals surface area contributed by atoms with Crippen molar-refractivity contribution >= 4 is 29.9 Å². The molecule has 1 saturated heterocycles. The molecular weight excluding hydrogens is 327 g/mol. The fourth-order valence-corrected chi connectivity index (χ4v) is 3.12. The summed E-state index contributed by atoms with van der Waals surface area (Å²) in [4.78, 5) is 14.8. The van der Waals surface area contributed by atoms with Gasteiger partial charge in [0.25, 0.3) is 5.91 Å². The van der Waals surface area contributed by atoms with E-state index in [1.165, 1.54) is 0 Å². The van der Waals surface area contributed by atoms with Gasteiger partial charge in [0, 0.05) is 24.7 Å². The molecule has 7 heteroatoms. The van der Waals surface area contributed by atoms with Gasteiger partial charge in [-0.1, -0.05) is 18.5 Å². The number of hydrogen-bond acceptors (Lipinski definition) is 4. The molecule has 1 N–H and O–H groups in total. The Hall–Kier alpha value is -1.17. The van der Waals surface area contributed by atoms with Crippen molar-refractivity contribution in [3.63, 3.8) is 0 Å². The van der Waals surface area contributed by atoms with Gasteiger partial charge in [0.15, 0.2) is 11.5 Å². The monoisotopic (exact) mass is 346 g/mol. The van der Waals surface area contributed by atoms with Crippen LogP contribution in [0.25, 0.3) is 0 Å². The molecule has 0 aliphatic carbocycles. The van der Waals surface area contributed by atoms with Crippen LogP contribution in [0.5, 0.6) is 11.5 Å². The number of fused-ring (bicyclic) bond motifs is 1. The molecule has 1 aromatic rings. The molecule has 2 heterocycles. The molecule has 2 aliphatic heterocycles. The van der Waals surface area contributed by atoms with Gasteiger partial charge >= 0.3 is 0 Å². The molecule has 0 spiro atoms. The van der Waals surface area contributed by atoms with Gasteiger partial charge in [0.1, 0.15) is 0 Å². The summed E-state index contributed by atoms with van der Waals surface area (Å²) in [6, 6.07) is 3.64. The number of halogens is 2. The summed E-state index contributed by atoms with van der Waals surface area (Å²) in [6.45, 7) is 4.79. The zero-order chi connectivity index (χ0) is 14.8. The Kier molecular flexibility index (Phi) is 5.78. The van der Waals surface area contributed by atoms with Gasteiger partial charge in [-0.15, -0.1) is 12.4 Å². The lowest BCUT2D eigenvalue weighted by atomic mass is 10.1. The number of carbonyl (C=O) groups excluding carboxylic acids is 1. The topological polar surface area (TPSA) is 50.8 Å². The molecule has 1 atom stereocenters. The molecule has 1 unspecified atom stereocenters. The second-order valence-electron chi connectivity index (χ2n) is 5.34. The maximum Gasteiger partial charge on any atom is 0.254 e. The second kappa shape index (κ2) is 7.40. The highest BCUT2D eigenvalue weighted by Gasteiger charge is 2.28. The largest absolute Gasteiger partial charge is 0.454 e. The van der Waals surface area contributed by atoms with Crippen molar-refractivity contribution in [2.24, 2.45) is 0 Å². The maximum atomic E-state index is 12.8. The SMILES string of the molecule is CCCN(C(=O)c1cc(Cl)c2c(c1)OCO2)C1CCNC1.Cl. The third-order valence-corrected chi connectivity index (χ3v) is 4.16. The zero-order valence-corrected chi connectivity index (χ0v) is 14.0. The van der Waals surface area contributed by atoms with Gasteiger partial charge < -0.3 is 19.7 Å². The minimum Gasteiger partial charge on any atom is -0.454 e. The molecule has 122 valence electrons. The molecule has 5 nitrogen and oxygen atoms in total. The summed E-state index contributed by atoms with van der Waals surface area (Å²) in [6.07, 6.45) is 1.92. The zero-order valence-electron chi connectivity index (χ0n) is 12.4. The number of nitrogens with one attached hydrogen (secondary N) is 1. The van der Waals surface area contributed by atoms with Crippen LogP contribution in [0.4, 0.5) is 0 Å². The molecule has 1 aromatic carbocycles. The van der Waals surface area contributed by atoms with Crippen LogP contribution in [0.15, 0.2) is 12.1 Å². The van der Waals surface area contributed by atoms with Gasteiger partial charge in [0.05, 0.1) is 5.02 Å². The number of amides is 1. The fraction of sp³-hybridized carbons (Fsp3) is 0.533. The molecule has 0 aromatic heterocycles. The quantitative estimate of drug-likeness (QED) is 0.910. The Bertz CT molecular complexity index is 548. The summed E-state index contributed by atoms with van der Waals surface area (Å²) in [5.74, 6) is 1.08. The second-order valence-corrected chi connectivity index (χ2v) is 5.74. The maximum absolute atomic E-state index is 12.8. The molecule has 1 amide bonds. The summed E-state index contributed by atoms with van der Waals surface area (Å²) in [5, 5.41) is 3.73. The van der Waals surface area contributed by atoms with E-state index in [0.29, 0.717) is 22.1 Å². The molecule has 0 radical (unpaired) electrons. The molecule has 0 bridgehead atoms. The molecule has 22 heavy (non-hydrogen) atoms. The Morgan fingerprint density at radius 2 is 2.27 bits per heavy atom. The fourth-order valence-electron chi connectivity index (χ4n) is 2.85. The molecule has 1 fully saturated rings. The van der Waals surface area contributed by atoms with Crippen LogP contribution >= 0.6 is 24.0 Å². The van der Waals surface area contributed by atoms with Crippen molar-refractivity contribution in [1.29, 1.82) is 0 Å². The highest BCUT2D eigenvalue weighted by atomic mass is 35.5. The van der Waals surface area contributed by atoms with E-state index in [0.717, 1.165) is 32.5 Å². The van der Waals surface area contributed by atoms with Crippen molar-refractivity contribution in [3.8, 4) is 11.5 Å². The van der Waals surface area contributed by atoms with Gasteiger partial charge in [-0.2, -0.15) is 0 Å². The van der Waals surface area contributed by atoms with Crippen LogP contribution in [0.1, 0.15) is 30.1 Å². The van der Waals surface area contributed by atoms with E-state index in [1.807, 2.05) is 4.90 Å². The Balaban J connectivity index is 0.00000176. The minimum absolute atomic E-state index is 0. The Morgan fingerprint density at radius 1 is 1.45 bits per heavy atom. The minimum atomic E-state index is 0. The average Bonchev–Trinajstić information content (AvgIpc) is 3.14. The van der Waals surface area contributed by atoms with E-state index in [4.69, 9.17) is 21.1 Å². The molecule has 3 rings (SSSR count). The Labute approximate surface area is 141 Å². The van der Waals surface area contributed by atoms with E-state index >= 15 is 0 Å². The van der Waals surface area contributed by atoms with Gasteiger partial charge in [0.2, 0.25) is 6.79 Å². The third-order valence-electron chi connectivity index (χ3n) is 3.87. The number of nitrogens with zero attached hydrogens (tertiary/aromatic N) is 1. The van der Waals surface area contributed by atoms with Gasteiger partial charge in [-0.3, -0.25) is 4.79 Å². The highest BCUT2D eigenvalue weighted by molar-refractivity contribution is 6.32. The number of hydrogen-bond donors (Lipinski definition) is 1. The van der Waals surface area contributed by atoms with E-state index in [9.17, 15) is 4.79 Å². The van der Waals surface area contributed by atoms with E-state index in [1.54, 1.807) is 12.1 Å². The molecule has 2 aliphatic rings. The van der Waals surface area contributed by atoms with Gasteiger partial charge in [-0.25, -0.2) is 0 Å². The summed E-state index contributed by atoms with van der Waals surface area (Å²) >= 11 is 6.17. The van der Waals surface area contributed by atoms with E-state index in [2.05, 4.69) is 12.2 Å².